The van der Waals surface area contributed by atoms with Gasteiger partial charge in [-0.25, -0.2) is 0 Å². The molecule has 0 radical (unpaired) electrons. The highest BCUT2D eigenvalue weighted by Crippen LogP contribution is 2.18. The maximum atomic E-state index is 12.1. The number of aromatic nitrogens is 2. The minimum absolute atomic E-state index is 0.0152. The number of carbonyl (C=O) groups is 1. The highest BCUT2D eigenvalue weighted by Gasteiger charge is 2.21. The first-order valence-electron chi connectivity index (χ1n) is 7.92. The lowest BCUT2D eigenvalue weighted by Crippen LogP contribution is -2.28. The number of nitrogens with one attached hydrogen (secondary N) is 2. The average molecular weight is 347 g/mol. The molecular formula is C17H19ClN4O2. The average Bonchev–Trinajstić information content (AvgIpc) is 2.63. The van der Waals surface area contributed by atoms with E-state index in [1.165, 1.54) is 0 Å². The quantitative estimate of drug-likeness (QED) is 0.870. The minimum Gasteiger partial charge on any atom is -0.381 e. The Morgan fingerprint density at radius 1 is 1.12 bits per heavy atom. The molecule has 3 rings (SSSR count). The molecule has 0 atom stereocenters. The second-order valence-corrected chi connectivity index (χ2v) is 6.03. The monoisotopic (exact) mass is 346 g/mol. The van der Waals surface area contributed by atoms with Gasteiger partial charge in [-0.1, -0.05) is 29.8 Å². The Bertz CT molecular complexity index is 687. The van der Waals surface area contributed by atoms with Crippen LogP contribution in [-0.4, -0.2) is 29.3 Å². The van der Waals surface area contributed by atoms with Gasteiger partial charge in [-0.2, -0.15) is 0 Å². The van der Waals surface area contributed by atoms with Crippen LogP contribution in [0.4, 0.5) is 11.6 Å². The number of halogens is 1. The smallest absolute Gasteiger partial charge is 0.228 e. The Balaban J connectivity index is 1.53. The molecule has 1 saturated heterocycles. The first kappa shape index (κ1) is 16.7. The standard InChI is InChI=1S/C17H19ClN4O2/c18-14-4-2-1-3-13(14)11-19-15-5-6-16(22-21-15)20-17(23)12-7-9-24-10-8-12/h1-6,12H,7-11H2,(H,19,21)(H,20,22,23). The lowest BCUT2D eigenvalue weighted by atomic mass is 9.99. The maximum Gasteiger partial charge on any atom is 0.228 e. The van der Waals surface area contributed by atoms with Crippen LogP contribution >= 0.6 is 11.6 Å². The molecule has 0 spiro atoms. The maximum absolute atomic E-state index is 12.1. The summed E-state index contributed by atoms with van der Waals surface area (Å²) in [6.07, 6.45) is 1.49. The van der Waals surface area contributed by atoms with Gasteiger partial charge in [0.05, 0.1) is 0 Å². The molecule has 2 heterocycles. The zero-order valence-corrected chi connectivity index (χ0v) is 13.9. The van der Waals surface area contributed by atoms with Crippen LogP contribution in [0.3, 0.4) is 0 Å². The topological polar surface area (TPSA) is 76.1 Å². The van der Waals surface area contributed by atoms with Crippen molar-refractivity contribution in [3.63, 3.8) is 0 Å². The van der Waals surface area contributed by atoms with Crippen LogP contribution in [0.1, 0.15) is 18.4 Å². The van der Waals surface area contributed by atoms with E-state index in [9.17, 15) is 4.79 Å². The number of benzene rings is 1. The molecule has 1 aromatic heterocycles. The predicted molar refractivity (Wildman–Crippen MR) is 93.0 cm³/mol. The van der Waals surface area contributed by atoms with E-state index < -0.39 is 0 Å². The third-order valence-corrected chi connectivity index (χ3v) is 4.29. The lowest BCUT2D eigenvalue weighted by molar-refractivity contribution is -0.122. The first-order valence-corrected chi connectivity index (χ1v) is 8.30. The Hall–Kier alpha value is -2.18. The van der Waals surface area contributed by atoms with Crippen molar-refractivity contribution in [2.75, 3.05) is 23.8 Å². The fraction of sp³-hybridized carbons (Fsp3) is 0.353. The van der Waals surface area contributed by atoms with E-state index in [0.717, 1.165) is 18.4 Å². The number of anilines is 2. The van der Waals surface area contributed by atoms with Gasteiger partial charge in [-0.05, 0) is 36.6 Å². The third-order valence-electron chi connectivity index (χ3n) is 3.93. The molecule has 2 N–H and O–H groups in total. The van der Waals surface area contributed by atoms with Crippen LogP contribution in [0.15, 0.2) is 36.4 Å². The van der Waals surface area contributed by atoms with Gasteiger partial charge in [-0.3, -0.25) is 4.79 Å². The van der Waals surface area contributed by atoms with Crippen molar-refractivity contribution in [2.24, 2.45) is 5.92 Å². The summed E-state index contributed by atoms with van der Waals surface area (Å²) in [5.74, 6) is 1.04. The Morgan fingerprint density at radius 3 is 2.54 bits per heavy atom. The second-order valence-electron chi connectivity index (χ2n) is 5.62. The van der Waals surface area contributed by atoms with Crippen LogP contribution in [0.5, 0.6) is 0 Å². The van der Waals surface area contributed by atoms with Gasteiger partial charge in [0.1, 0.15) is 5.82 Å². The van der Waals surface area contributed by atoms with E-state index in [4.69, 9.17) is 16.3 Å². The summed E-state index contributed by atoms with van der Waals surface area (Å²) in [5, 5.41) is 14.8. The number of hydrogen-bond acceptors (Lipinski definition) is 5. The first-order chi connectivity index (χ1) is 11.7. The Morgan fingerprint density at radius 2 is 1.83 bits per heavy atom. The summed E-state index contributed by atoms with van der Waals surface area (Å²) in [5.41, 5.74) is 0.984. The number of amides is 1. The van der Waals surface area contributed by atoms with Crippen LogP contribution < -0.4 is 10.6 Å². The van der Waals surface area contributed by atoms with Crippen molar-refractivity contribution in [2.45, 2.75) is 19.4 Å². The van der Waals surface area contributed by atoms with Gasteiger partial charge >= 0.3 is 0 Å². The number of nitrogens with zero attached hydrogens (tertiary/aromatic N) is 2. The summed E-state index contributed by atoms with van der Waals surface area (Å²) in [6, 6.07) is 11.1. The molecule has 24 heavy (non-hydrogen) atoms. The van der Waals surface area contributed by atoms with E-state index in [-0.39, 0.29) is 11.8 Å². The third kappa shape index (κ3) is 4.43. The summed E-state index contributed by atoms with van der Waals surface area (Å²) in [6.45, 7) is 1.82. The normalized spacial score (nSPS) is 15.0. The fourth-order valence-electron chi connectivity index (χ4n) is 2.51. The van der Waals surface area contributed by atoms with Crippen molar-refractivity contribution in [3.8, 4) is 0 Å². The van der Waals surface area contributed by atoms with Gasteiger partial charge in [0.2, 0.25) is 5.91 Å². The Kier molecular flexibility index (Phi) is 5.61. The molecule has 7 heteroatoms. The molecule has 2 aromatic rings. The van der Waals surface area contributed by atoms with Crippen molar-refractivity contribution < 1.29 is 9.53 Å². The van der Waals surface area contributed by atoms with Crippen molar-refractivity contribution in [3.05, 3.63) is 47.0 Å². The number of rotatable bonds is 5. The van der Waals surface area contributed by atoms with Crippen molar-refractivity contribution >= 4 is 29.1 Å². The van der Waals surface area contributed by atoms with E-state index >= 15 is 0 Å². The molecule has 126 valence electrons. The van der Waals surface area contributed by atoms with Crippen LogP contribution in [0.2, 0.25) is 5.02 Å². The largest absolute Gasteiger partial charge is 0.381 e. The lowest BCUT2D eigenvalue weighted by Gasteiger charge is -2.20. The molecule has 0 unspecified atom stereocenters. The van der Waals surface area contributed by atoms with E-state index in [2.05, 4.69) is 20.8 Å². The summed E-state index contributed by atoms with van der Waals surface area (Å²) in [7, 11) is 0. The van der Waals surface area contributed by atoms with Crippen molar-refractivity contribution in [1.29, 1.82) is 0 Å². The number of hydrogen-bond donors (Lipinski definition) is 2. The zero-order chi connectivity index (χ0) is 16.8. The molecule has 1 aromatic carbocycles. The van der Waals surface area contributed by atoms with E-state index in [0.29, 0.717) is 36.4 Å². The molecule has 1 fully saturated rings. The Labute approximate surface area is 145 Å². The predicted octanol–water partition coefficient (Wildman–Crippen LogP) is 3.11. The summed E-state index contributed by atoms with van der Waals surface area (Å²) in [4.78, 5) is 12.1. The summed E-state index contributed by atoms with van der Waals surface area (Å²) >= 11 is 6.11. The number of ether oxygens (including phenoxy) is 1. The van der Waals surface area contributed by atoms with E-state index in [1.807, 2.05) is 24.3 Å². The summed E-state index contributed by atoms with van der Waals surface area (Å²) < 4.78 is 5.26. The van der Waals surface area contributed by atoms with Gasteiger partial charge in [0.15, 0.2) is 5.82 Å². The molecule has 0 aliphatic carbocycles. The van der Waals surface area contributed by atoms with Gasteiger partial charge < -0.3 is 15.4 Å². The SMILES string of the molecule is O=C(Nc1ccc(NCc2ccccc2Cl)nn1)C1CCOCC1. The van der Waals surface area contributed by atoms with Gasteiger partial charge in [0.25, 0.3) is 0 Å². The van der Waals surface area contributed by atoms with Crippen molar-refractivity contribution in [1.82, 2.24) is 10.2 Å². The van der Waals surface area contributed by atoms with E-state index in [1.54, 1.807) is 12.1 Å². The highest BCUT2D eigenvalue weighted by atomic mass is 35.5. The second kappa shape index (κ2) is 8.08. The van der Waals surface area contributed by atoms with Crippen LogP contribution in [-0.2, 0) is 16.1 Å². The molecule has 1 amide bonds. The molecule has 0 saturated carbocycles. The fourth-order valence-corrected chi connectivity index (χ4v) is 2.71. The minimum atomic E-state index is -0.0237. The molecule has 0 bridgehead atoms. The molecular weight excluding hydrogens is 328 g/mol. The highest BCUT2D eigenvalue weighted by molar-refractivity contribution is 6.31. The zero-order valence-electron chi connectivity index (χ0n) is 13.2. The van der Waals surface area contributed by atoms with Gasteiger partial charge in [-0.15, -0.1) is 10.2 Å². The van der Waals surface area contributed by atoms with Crippen LogP contribution in [0.25, 0.3) is 0 Å². The van der Waals surface area contributed by atoms with Crippen LogP contribution in [0, 0.1) is 5.92 Å². The number of carbonyl (C=O) groups excluding carboxylic acids is 1. The molecule has 1 aliphatic rings. The van der Waals surface area contributed by atoms with Gasteiger partial charge in [0, 0.05) is 30.7 Å². The molecule has 6 nitrogen and oxygen atoms in total. The molecule has 1 aliphatic heterocycles.